The van der Waals surface area contributed by atoms with E-state index in [2.05, 4.69) is 4.98 Å². The summed E-state index contributed by atoms with van der Waals surface area (Å²) in [4.78, 5) is 3.01. The third-order valence-corrected chi connectivity index (χ3v) is 3.10. The minimum atomic E-state index is -4.35. The van der Waals surface area contributed by atoms with Crippen LogP contribution in [0.2, 0.25) is 0 Å². The van der Waals surface area contributed by atoms with Crippen molar-refractivity contribution in [1.29, 1.82) is 0 Å². The fourth-order valence-electron chi connectivity index (χ4n) is 2.20. The first kappa shape index (κ1) is 11.8. The van der Waals surface area contributed by atoms with Gasteiger partial charge in [0.15, 0.2) is 0 Å². The second-order valence-electron chi connectivity index (χ2n) is 4.32. The maximum absolute atomic E-state index is 13.0. The van der Waals surface area contributed by atoms with E-state index >= 15 is 0 Å². The number of rotatable bonds is 1. The van der Waals surface area contributed by atoms with Crippen molar-refractivity contribution in [2.75, 3.05) is 0 Å². The summed E-state index contributed by atoms with van der Waals surface area (Å²) in [5.74, 6) is 0. The van der Waals surface area contributed by atoms with Gasteiger partial charge in [-0.15, -0.1) is 0 Å². The lowest BCUT2D eigenvalue weighted by atomic mass is 9.98. The minimum Gasteiger partial charge on any atom is -0.361 e. The predicted molar refractivity (Wildman–Crippen MR) is 68.7 cm³/mol. The quantitative estimate of drug-likeness (QED) is 0.644. The number of hydrogen-bond donors (Lipinski definition) is 1. The monoisotopic (exact) mass is 261 g/mol. The SMILES string of the molecule is FC(F)(F)c1ccccc1-c1ccc2cc[nH]c2c1. The summed E-state index contributed by atoms with van der Waals surface area (Å²) < 4.78 is 38.9. The van der Waals surface area contributed by atoms with E-state index in [0.717, 1.165) is 17.0 Å². The molecule has 0 amide bonds. The van der Waals surface area contributed by atoms with Crippen LogP contribution in [-0.4, -0.2) is 4.98 Å². The molecule has 1 heterocycles. The van der Waals surface area contributed by atoms with Crippen LogP contribution in [-0.2, 0) is 6.18 Å². The van der Waals surface area contributed by atoms with Crippen LogP contribution in [0.5, 0.6) is 0 Å². The molecule has 0 saturated carbocycles. The van der Waals surface area contributed by atoms with Gasteiger partial charge < -0.3 is 4.98 Å². The van der Waals surface area contributed by atoms with E-state index in [1.54, 1.807) is 24.4 Å². The number of aromatic nitrogens is 1. The number of nitrogens with one attached hydrogen (secondary N) is 1. The van der Waals surface area contributed by atoms with Crippen molar-refractivity contribution in [3.63, 3.8) is 0 Å². The molecule has 0 aliphatic carbocycles. The number of benzene rings is 2. The molecule has 0 radical (unpaired) electrons. The first-order valence-electron chi connectivity index (χ1n) is 5.79. The van der Waals surface area contributed by atoms with Gasteiger partial charge in [-0.2, -0.15) is 13.2 Å². The smallest absolute Gasteiger partial charge is 0.361 e. The van der Waals surface area contributed by atoms with Crippen LogP contribution >= 0.6 is 0 Å². The van der Waals surface area contributed by atoms with Crippen molar-refractivity contribution in [3.8, 4) is 11.1 Å². The van der Waals surface area contributed by atoms with Crippen molar-refractivity contribution < 1.29 is 13.2 Å². The zero-order valence-electron chi connectivity index (χ0n) is 9.83. The van der Waals surface area contributed by atoms with Gasteiger partial charge in [-0.05, 0) is 34.7 Å². The average Bonchev–Trinajstić information content (AvgIpc) is 2.85. The third-order valence-electron chi connectivity index (χ3n) is 3.10. The molecule has 3 rings (SSSR count). The van der Waals surface area contributed by atoms with Gasteiger partial charge in [-0.25, -0.2) is 0 Å². The molecule has 0 aliphatic heterocycles. The second kappa shape index (κ2) is 4.16. The van der Waals surface area contributed by atoms with Crippen LogP contribution in [0, 0.1) is 0 Å². The number of hydrogen-bond acceptors (Lipinski definition) is 0. The fraction of sp³-hybridized carbons (Fsp3) is 0.0667. The van der Waals surface area contributed by atoms with Crippen LogP contribution in [0.1, 0.15) is 5.56 Å². The van der Waals surface area contributed by atoms with Gasteiger partial charge in [0.1, 0.15) is 0 Å². The highest BCUT2D eigenvalue weighted by Crippen LogP contribution is 2.37. The first-order valence-corrected chi connectivity index (χ1v) is 5.79. The molecule has 0 aliphatic rings. The van der Waals surface area contributed by atoms with Gasteiger partial charge in [0.05, 0.1) is 5.56 Å². The van der Waals surface area contributed by atoms with E-state index in [9.17, 15) is 13.2 Å². The van der Waals surface area contributed by atoms with Crippen molar-refractivity contribution >= 4 is 10.9 Å². The molecule has 1 nitrogen and oxygen atoms in total. The Morgan fingerprint density at radius 1 is 0.895 bits per heavy atom. The summed E-state index contributed by atoms with van der Waals surface area (Å²) in [7, 11) is 0. The second-order valence-corrected chi connectivity index (χ2v) is 4.32. The van der Waals surface area contributed by atoms with Crippen molar-refractivity contribution in [1.82, 2.24) is 4.98 Å². The maximum atomic E-state index is 13.0. The van der Waals surface area contributed by atoms with Gasteiger partial charge in [0.2, 0.25) is 0 Å². The number of alkyl halides is 3. The highest BCUT2D eigenvalue weighted by atomic mass is 19.4. The first-order chi connectivity index (χ1) is 9.05. The largest absolute Gasteiger partial charge is 0.417 e. The Balaban J connectivity index is 2.21. The molecular formula is C15H10F3N. The molecule has 0 bridgehead atoms. The Bertz CT molecular complexity index is 725. The molecule has 0 spiro atoms. The summed E-state index contributed by atoms with van der Waals surface area (Å²) in [6.45, 7) is 0. The van der Waals surface area contributed by atoms with Crippen LogP contribution in [0.15, 0.2) is 54.7 Å². The lowest BCUT2D eigenvalue weighted by Crippen LogP contribution is -2.06. The molecule has 4 heteroatoms. The highest BCUT2D eigenvalue weighted by Gasteiger charge is 2.33. The van der Waals surface area contributed by atoms with Crippen LogP contribution in [0.25, 0.3) is 22.0 Å². The number of halogens is 3. The topological polar surface area (TPSA) is 15.8 Å². The van der Waals surface area contributed by atoms with E-state index in [-0.39, 0.29) is 5.56 Å². The fourth-order valence-corrected chi connectivity index (χ4v) is 2.20. The molecule has 2 aromatic carbocycles. The highest BCUT2D eigenvalue weighted by molar-refractivity contribution is 5.85. The predicted octanol–water partition coefficient (Wildman–Crippen LogP) is 4.85. The molecule has 0 fully saturated rings. The molecule has 96 valence electrons. The van der Waals surface area contributed by atoms with Crippen LogP contribution < -0.4 is 0 Å². The molecule has 0 unspecified atom stereocenters. The maximum Gasteiger partial charge on any atom is 0.417 e. The molecule has 3 aromatic rings. The number of fused-ring (bicyclic) bond motifs is 1. The van der Waals surface area contributed by atoms with Gasteiger partial charge in [0, 0.05) is 11.7 Å². The number of H-pyrrole nitrogens is 1. The van der Waals surface area contributed by atoms with E-state index in [0.29, 0.717) is 5.56 Å². The number of aromatic amines is 1. The summed E-state index contributed by atoms with van der Waals surface area (Å²) >= 11 is 0. The summed E-state index contributed by atoms with van der Waals surface area (Å²) in [6, 6.07) is 12.8. The van der Waals surface area contributed by atoms with Crippen LogP contribution in [0.3, 0.4) is 0 Å². The Morgan fingerprint density at radius 2 is 1.68 bits per heavy atom. The average molecular weight is 261 g/mol. The van der Waals surface area contributed by atoms with E-state index in [4.69, 9.17) is 0 Å². The van der Waals surface area contributed by atoms with Gasteiger partial charge in [-0.3, -0.25) is 0 Å². The Morgan fingerprint density at radius 3 is 2.47 bits per heavy atom. The summed E-state index contributed by atoms with van der Waals surface area (Å²) in [6.07, 6.45) is -2.58. The Kier molecular flexibility index (Phi) is 2.59. The molecule has 19 heavy (non-hydrogen) atoms. The molecule has 0 atom stereocenters. The van der Waals surface area contributed by atoms with Crippen molar-refractivity contribution in [2.45, 2.75) is 6.18 Å². The van der Waals surface area contributed by atoms with Crippen molar-refractivity contribution in [3.05, 3.63) is 60.3 Å². The van der Waals surface area contributed by atoms with Gasteiger partial charge in [-0.1, -0.05) is 30.3 Å². The lowest BCUT2D eigenvalue weighted by Gasteiger charge is -2.12. The Labute approximate surface area is 107 Å². The normalized spacial score (nSPS) is 11.9. The Hall–Kier alpha value is -2.23. The summed E-state index contributed by atoms with van der Waals surface area (Å²) in [5.41, 5.74) is 0.977. The van der Waals surface area contributed by atoms with Crippen LogP contribution in [0.4, 0.5) is 13.2 Å². The lowest BCUT2D eigenvalue weighted by molar-refractivity contribution is -0.137. The van der Waals surface area contributed by atoms with Crippen molar-refractivity contribution in [2.24, 2.45) is 0 Å². The van der Waals surface area contributed by atoms with Gasteiger partial charge >= 0.3 is 6.18 Å². The molecular weight excluding hydrogens is 251 g/mol. The van der Waals surface area contributed by atoms with E-state index < -0.39 is 11.7 Å². The zero-order chi connectivity index (χ0) is 13.5. The van der Waals surface area contributed by atoms with E-state index in [1.807, 2.05) is 12.1 Å². The van der Waals surface area contributed by atoms with E-state index in [1.165, 1.54) is 12.1 Å². The standard InChI is InChI=1S/C15H10F3N/c16-15(17,18)13-4-2-1-3-12(13)11-6-5-10-7-8-19-14(10)9-11/h1-9,19H. The molecule has 1 N–H and O–H groups in total. The molecule has 1 aromatic heterocycles. The zero-order valence-corrected chi connectivity index (χ0v) is 9.83. The summed E-state index contributed by atoms with van der Waals surface area (Å²) in [5, 5.41) is 0.980. The van der Waals surface area contributed by atoms with Gasteiger partial charge in [0.25, 0.3) is 0 Å². The third kappa shape index (κ3) is 2.10. The molecule has 0 saturated heterocycles. The minimum absolute atomic E-state index is 0.200.